The number of hydrogen-bond acceptors (Lipinski definition) is 3. The fourth-order valence-corrected chi connectivity index (χ4v) is 2.26. The van der Waals surface area contributed by atoms with Crippen LogP contribution in [0.1, 0.15) is 10.4 Å². The highest BCUT2D eigenvalue weighted by Gasteiger charge is 2.11. The molecule has 0 N–H and O–H groups in total. The van der Waals surface area contributed by atoms with Crippen molar-refractivity contribution in [2.24, 2.45) is 0 Å². The van der Waals surface area contributed by atoms with Gasteiger partial charge in [-0.2, -0.15) is 0 Å². The fraction of sp³-hybridized carbons (Fsp3) is 0. The van der Waals surface area contributed by atoms with E-state index < -0.39 is 0 Å². The Morgan fingerprint density at radius 2 is 1.75 bits per heavy atom. The monoisotopic (exact) mass is 375 g/mol. The number of halogens is 1. The topological polar surface area (TPSA) is 39.2 Å². The van der Waals surface area contributed by atoms with Crippen LogP contribution in [0.3, 0.4) is 0 Å². The van der Waals surface area contributed by atoms with Crippen LogP contribution in [0.25, 0.3) is 10.9 Å². The first-order valence-corrected chi connectivity index (χ1v) is 7.13. The first kappa shape index (κ1) is 13.1. The summed E-state index contributed by atoms with van der Waals surface area (Å²) in [5, 5.41) is 0.945. The number of nitrogens with zero attached hydrogens (tertiary/aromatic N) is 1. The normalized spacial score (nSPS) is 10.4. The van der Waals surface area contributed by atoms with Gasteiger partial charge < -0.3 is 4.74 Å². The average Bonchev–Trinajstić information content (AvgIpc) is 2.48. The second kappa shape index (κ2) is 5.58. The Balaban J connectivity index is 1.93. The predicted molar refractivity (Wildman–Crippen MR) is 85.9 cm³/mol. The third-order valence-corrected chi connectivity index (χ3v) is 3.60. The van der Waals surface area contributed by atoms with Crippen molar-refractivity contribution in [3.05, 3.63) is 69.9 Å². The summed E-state index contributed by atoms with van der Waals surface area (Å²) < 4.78 is 6.52. The van der Waals surface area contributed by atoms with Gasteiger partial charge in [-0.3, -0.25) is 4.98 Å². The van der Waals surface area contributed by atoms with Crippen LogP contribution in [0.15, 0.2) is 60.8 Å². The van der Waals surface area contributed by atoms with E-state index in [0.717, 1.165) is 8.96 Å². The van der Waals surface area contributed by atoms with Gasteiger partial charge in [0.25, 0.3) is 0 Å². The minimum Gasteiger partial charge on any atom is -0.421 e. The second-order valence-corrected chi connectivity index (χ2v) is 5.47. The van der Waals surface area contributed by atoms with Gasteiger partial charge in [0.1, 0.15) is 5.52 Å². The lowest BCUT2D eigenvalue weighted by Gasteiger charge is -2.07. The maximum absolute atomic E-state index is 12.1. The van der Waals surface area contributed by atoms with Gasteiger partial charge in [-0.05, 0) is 59.0 Å². The molecule has 3 nitrogen and oxygen atoms in total. The molecule has 1 heterocycles. The molecule has 20 heavy (non-hydrogen) atoms. The molecular formula is C16H10INO2. The number of para-hydroxylation sites is 1. The van der Waals surface area contributed by atoms with Crippen molar-refractivity contribution >= 4 is 39.5 Å². The molecule has 0 bridgehead atoms. The molecule has 0 amide bonds. The Bertz CT molecular complexity index is 764. The van der Waals surface area contributed by atoms with E-state index in [0.29, 0.717) is 16.8 Å². The number of hydrogen-bond donors (Lipinski definition) is 0. The summed E-state index contributed by atoms with van der Waals surface area (Å²) in [4.78, 5) is 16.4. The quantitative estimate of drug-likeness (QED) is 0.385. The SMILES string of the molecule is O=C(Oc1cccc2cccnc12)c1ccc(I)cc1. The van der Waals surface area contributed by atoms with Gasteiger partial charge in [-0.1, -0.05) is 18.2 Å². The lowest BCUT2D eigenvalue weighted by atomic mass is 10.2. The van der Waals surface area contributed by atoms with E-state index in [1.807, 2.05) is 36.4 Å². The molecule has 1 aromatic heterocycles. The van der Waals surface area contributed by atoms with Gasteiger partial charge in [0, 0.05) is 15.2 Å². The standard InChI is InChI=1S/C16H10INO2/c17-13-8-6-12(7-9-13)16(19)20-14-5-1-3-11-4-2-10-18-15(11)14/h1-10H. The Kier molecular flexibility index (Phi) is 3.64. The molecule has 0 atom stereocenters. The highest BCUT2D eigenvalue weighted by molar-refractivity contribution is 14.1. The molecule has 2 aromatic carbocycles. The molecule has 0 aliphatic rings. The zero-order valence-corrected chi connectivity index (χ0v) is 12.6. The number of rotatable bonds is 2. The molecule has 3 rings (SSSR count). The third-order valence-electron chi connectivity index (χ3n) is 2.88. The molecule has 0 unspecified atom stereocenters. The van der Waals surface area contributed by atoms with Crippen LogP contribution in [0, 0.1) is 3.57 Å². The summed E-state index contributed by atoms with van der Waals surface area (Å²) in [5.74, 6) is 0.103. The van der Waals surface area contributed by atoms with Crippen LogP contribution in [0.4, 0.5) is 0 Å². The lowest BCUT2D eigenvalue weighted by Crippen LogP contribution is -2.08. The Hall–Kier alpha value is -1.95. The number of fused-ring (bicyclic) bond motifs is 1. The van der Waals surface area contributed by atoms with Gasteiger partial charge in [-0.25, -0.2) is 4.79 Å². The number of ether oxygens (including phenoxy) is 1. The van der Waals surface area contributed by atoms with E-state index in [2.05, 4.69) is 27.6 Å². The Morgan fingerprint density at radius 1 is 1.00 bits per heavy atom. The number of benzene rings is 2. The van der Waals surface area contributed by atoms with E-state index >= 15 is 0 Å². The van der Waals surface area contributed by atoms with Crippen LogP contribution in [-0.2, 0) is 0 Å². The molecule has 3 aromatic rings. The molecule has 0 aliphatic heterocycles. The summed E-state index contributed by atoms with van der Waals surface area (Å²) >= 11 is 2.19. The zero-order valence-electron chi connectivity index (χ0n) is 10.4. The van der Waals surface area contributed by atoms with Crippen LogP contribution < -0.4 is 4.74 Å². The molecule has 0 spiro atoms. The van der Waals surface area contributed by atoms with E-state index in [4.69, 9.17) is 4.74 Å². The van der Waals surface area contributed by atoms with Crippen molar-refractivity contribution in [1.29, 1.82) is 0 Å². The Labute approximate surface area is 129 Å². The summed E-state index contributed by atoms with van der Waals surface area (Å²) in [6.07, 6.45) is 1.69. The van der Waals surface area contributed by atoms with Crippen molar-refractivity contribution in [2.45, 2.75) is 0 Å². The van der Waals surface area contributed by atoms with Gasteiger partial charge in [0.2, 0.25) is 0 Å². The third kappa shape index (κ3) is 2.65. The highest BCUT2D eigenvalue weighted by Crippen LogP contribution is 2.23. The summed E-state index contributed by atoms with van der Waals surface area (Å²) in [5.41, 5.74) is 1.22. The van der Waals surface area contributed by atoms with Crippen molar-refractivity contribution < 1.29 is 9.53 Å². The van der Waals surface area contributed by atoms with Crippen molar-refractivity contribution in [2.75, 3.05) is 0 Å². The van der Waals surface area contributed by atoms with Crippen LogP contribution in [0.5, 0.6) is 5.75 Å². The van der Waals surface area contributed by atoms with Crippen molar-refractivity contribution in [1.82, 2.24) is 4.98 Å². The molecule has 0 radical (unpaired) electrons. The van der Waals surface area contributed by atoms with E-state index in [1.165, 1.54) is 0 Å². The predicted octanol–water partition coefficient (Wildman–Crippen LogP) is 4.06. The number of carbonyl (C=O) groups excluding carboxylic acids is 1. The first-order chi connectivity index (χ1) is 9.74. The first-order valence-electron chi connectivity index (χ1n) is 6.05. The maximum Gasteiger partial charge on any atom is 0.343 e. The maximum atomic E-state index is 12.1. The summed E-state index contributed by atoms with van der Waals surface area (Å²) in [7, 11) is 0. The molecule has 4 heteroatoms. The van der Waals surface area contributed by atoms with E-state index in [9.17, 15) is 4.79 Å². The summed E-state index contributed by atoms with van der Waals surface area (Å²) in [6.45, 7) is 0. The average molecular weight is 375 g/mol. The van der Waals surface area contributed by atoms with E-state index in [-0.39, 0.29) is 5.97 Å². The molecule has 0 fully saturated rings. The number of aromatic nitrogens is 1. The molecule has 0 aliphatic carbocycles. The number of pyridine rings is 1. The van der Waals surface area contributed by atoms with Gasteiger partial charge >= 0.3 is 5.97 Å². The number of carbonyl (C=O) groups is 1. The van der Waals surface area contributed by atoms with Crippen LogP contribution in [0.2, 0.25) is 0 Å². The van der Waals surface area contributed by atoms with E-state index in [1.54, 1.807) is 24.4 Å². The highest BCUT2D eigenvalue weighted by atomic mass is 127. The molecular weight excluding hydrogens is 365 g/mol. The largest absolute Gasteiger partial charge is 0.421 e. The van der Waals surface area contributed by atoms with Crippen molar-refractivity contribution in [3.63, 3.8) is 0 Å². The second-order valence-electron chi connectivity index (χ2n) is 4.23. The van der Waals surface area contributed by atoms with Gasteiger partial charge in [-0.15, -0.1) is 0 Å². The minimum absolute atomic E-state index is 0.375. The van der Waals surface area contributed by atoms with Crippen LogP contribution in [-0.4, -0.2) is 11.0 Å². The molecule has 0 saturated heterocycles. The Morgan fingerprint density at radius 3 is 2.55 bits per heavy atom. The van der Waals surface area contributed by atoms with Crippen LogP contribution >= 0.6 is 22.6 Å². The number of esters is 1. The fourth-order valence-electron chi connectivity index (χ4n) is 1.90. The smallest absolute Gasteiger partial charge is 0.343 e. The minimum atomic E-state index is -0.375. The zero-order chi connectivity index (χ0) is 13.9. The molecule has 98 valence electrons. The lowest BCUT2D eigenvalue weighted by molar-refractivity contribution is 0.0737. The van der Waals surface area contributed by atoms with Gasteiger partial charge in [0.05, 0.1) is 5.56 Å². The molecule has 0 saturated carbocycles. The summed E-state index contributed by atoms with van der Waals surface area (Å²) in [6, 6.07) is 16.6. The van der Waals surface area contributed by atoms with Crippen molar-refractivity contribution in [3.8, 4) is 5.75 Å². The van der Waals surface area contributed by atoms with Gasteiger partial charge in [0.15, 0.2) is 5.75 Å².